The summed E-state index contributed by atoms with van der Waals surface area (Å²) >= 11 is 0.454. The maximum absolute atomic E-state index is 12.5. The van der Waals surface area contributed by atoms with Gasteiger partial charge in [0.15, 0.2) is 0 Å². The van der Waals surface area contributed by atoms with Gasteiger partial charge in [0.2, 0.25) is 11.9 Å². The Hall–Kier alpha value is -2.65. The average Bonchev–Trinajstić information content (AvgIpc) is 2.99. The quantitative estimate of drug-likeness (QED) is 0.512. The van der Waals surface area contributed by atoms with Crippen LogP contribution >= 0.6 is 11.8 Å². The number of nitrogens with zero attached hydrogens (tertiary/aromatic N) is 2. The topological polar surface area (TPSA) is 79.2 Å². The van der Waals surface area contributed by atoms with Crippen LogP contribution in [0.4, 0.5) is 20.4 Å². The summed E-state index contributed by atoms with van der Waals surface area (Å²) in [7, 11) is 0. The minimum Gasteiger partial charge on any atom is -0.395 e. The van der Waals surface area contributed by atoms with Crippen LogP contribution in [0.3, 0.4) is 0 Å². The Balaban J connectivity index is 1.73. The molecule has 1 heterocycles. The van der Waals surface area contributed by atoms with Crippen LogP contribution in [0.15, 0.2) is 53.4 Å². The van der Waals surface area contributed by atoms with Crippen LogP contribution in [0.2, 0.25) is 0 Å². The van der Waals surface area contributed by atoms with Gasteiger partial charge >= 0.3 is 0 Å². The number of nitrogens with one attached hydrogen (secondary N) is 2. The number of para-hydroxylation sites is 2. The third-order valence-electron chi connectivity index (χ3n) is 3.71. The predicted molar refractivity (Wildman–Crippen MR) is 102 cm³/mol. The van der Waals surface area contributed by atoms with Gasteiger partial charge in [0.25, 0.3) is 5.76 Å². The molecule has 3 N–H and O–H groups in total. The number of carbonyl (C=O) groups is 1. The Labute approximate surface area is 158 Å². The van der Waals surface area contributed by atoms with E-state index in [4.69, 9.17) is 5.11 Å². The highest BCUT2D eigenvalue weighted by Crippen LogP contribution is 2.26. The molecule has 3 aromatic rings. The number of thioether (sulfide) groups is 1. The number of carbonyl (C=O) groups excluding carboxylic acids is 1. The highest BCUT2D eigenvalue weighted by molar-refractivity contribution is 7.99. The van der Waals surface area contributed by atoms with Gasteiger partial charge in [-0.1, -0.05) is 23.9 Å². The fourth-order valence-electron chi connectivity index (χ4n) is 2.60. The third-order valence-corrected chi connectivity index (χ3v) is 4.44. The number of amides is 1. The number of halogens is 2. The first-order chi connectivity index (χ1) is 13.1. The van der Waals surface area contributed by atoms with E-state index in [1.165, 1.54) is 12.1 Å². The molecule has 142 valence electrons. The van der Waals surface area contributed by atoms with Crippen molar-refractivity contribution >= 4 is 40.3 Å². The normalized spacial score (nSPS) is 11.1. The molecule has 0 fully saturated rings. The number of alkyl halides is 2. The second-order valence-electron chi connectivity index (χ2n) is 5.61. The molecule has 0 aliphatic rings. The zero-order valence-electron chi connectivity index (χ0n) is 14.2. The minimum atomic E-state index is -2.48. The molecule has 0 aliphatic heterocycles. The Bertz CT molecular complexity index is 915. The van der Waals surface area contributed by atoms with Gasteiger partial charge in [-0.2, -0.15) is 8.78 Å². The van der Waals surface area contributed by atoms with Gasteiger partial charge in [-0.15, -0.1) is 0 Å². The minimum absolute atomic E-state index is 0.0157. The lowest BCUT2D eigenvalue weighted by atomic mass is 10.3. The average molecular weight is 392 g/mol. The number of fused-ring (bicyclic) bond motifs is 1. The van der Waals surface area contributed by atoms with Gasteiger partial charge in [0, 0.05) is 17.1 Å². The second-order valence-corrected chi connectivity index (χ2v) is 6.68. The van der Waals surface area contributed by atoms with Crippen molar-refractivity contribution in [2.24, 2.45) is 0 Å². The highest BCUT2D eigenvalue weighted by atomic mass is 32.2. The molecule has 0 atom stereocenters. The maximum atomic E-state index is 12.5. The van der Waals surface area contributed by atoms with Crippen LogP contribution in [-0.4, -0.2) is 39.5 Å². The Morgan fingerprint density at radius 3 is 2.63 bits per heavy atom. The lowest BCUT2D eigenvalue weighted by molar-refractivity contribution is -0.116. The largest absolute Gasteiger partial charge is 0.395 e. The fourth-order valence-corrected chi connectivity index (χ4v) is 3.10. The molecule has 1 amide bonds. The van der Waals surface area contributed by atoms with Crippen LogP contribution in [0, 0.1) is 0 Å². The molecule has 0 aliphatic carbocycles. The van der Waals surface area contributed by atoms with Crippen LogP contribution in [0.25, 0.3) is 11.0 Å². The zero-order valence-corrected chi connectivity index (χ0v) is 15.0. The standard InChI is InChI=1S/C18H18F2N4O2S/c19-17(20)27-13-7-5-12(6-8-13)22-16(26)11-24-15-4-2-1-3-14(15)23-18(24)21-9-10-25/h1-8,17,25H,9-11H2,(H,21,23)(H,22,26). The molecule has 6 nitrogen and oxygen atoms in total. The van der Waals surface area contributed by atoms with Crippen molar-refractivity contribution in [1.29, 1.82) is 0 Å². The number of rotatable bonds is 8. The number of imidazole rings is 1. The van der Waals surface area contributed by atoms with E-state index >= 15 is 0 Å². The molecular weight excluding hydrogens is 374 g/mol. The van der Waals surface area contributed by atoms with Crippen LogP contribution in [0.1, 0.15) is 0 Å². The summed E-state index contributed by atoms with van der Waals surface area (Å²) in [6.45, 7) is 0.272. The molecule has 0 unspecified atom stereocenters. The van der Waals surface area contributed by atoms with E-state index in [2.05, 4.69) is 15.6 Å². The van der Waals surface area contributed by atoms with Gasteiger partial charge < -0.3 is 20.3 Å². The molecule has 0 saturated heterocycles. The SMILES string of the molecule is O=C(Cn1c(NCCO)nc2ccccc21)Nc1ccc(SC(F)F)cc1. The summed E-state index contributed by atoms with van der Waals surface area (Å²) in [6, 6.07) is 13.6. The lowest BCUT2D eigenvalue weighted by Gasteiger charge is -2.11. The van der Waals surface area contributed by atoms with Gasteiger partial charge in [-0.25, -0.2) is 4.98 Å². The summed E-state index contributed by atoms with van der Waals surface area (Å²) < 4.78 is 26.4. The molecule has 1 aromatic heterocycles. The summed E-state index contributed by atoms with van der Waals surface area (Å²) in [5.41, 5.74) is 2.05. The second kappa shape index (κ2) is 8.83. The van der Waals surface area contributed by atoms with Gasteiger partial charge in [-0.05, 0) is 36.4 Å². The van der Waals surface area contributed by atoms with Crippen LogP contribution in [-0.2, 0) is 11.3 Å². The molecule has 0 saturated carbocycles. The molecule has 9 heteroatoms. The first kappa shape index (κ1) is 19.1. The smallest absolute Gasteiger partial charge is 0.288 e. The Morgan fingerprint density at radius 2 is 1.93 bits per heavy atom. The monoisotopic (exact) mass is 392 g/mol. The van der Waals surface area contributed by atoms with E-state index in [0.717, 1.165) is 11.0 Å². The molecule has 27 heavy (non-hydrogen) atoms. The molecule has 2 aromatic carbocycles. The van der Waals surface area contributed by atoms with E-state index < -0.39 is 5.76 Å². The van der Waals surface area contributed by atoms with Crippen molar-refractivity contribution < 1.29 is 18.7 Å². The predicted octanol–water partition coefficient (Wildman–Crippen LogP) is 3.39. The summed E-state index contributed by atoms with van der Waals surface area (Å²) in [6.07, 6.45) is 0. The first-order valence-electron chi connectivity index (χ1n) is 8.21. The number of benzene rings is 2. The van der Waals surface area contributed by atoms with Crippen molar-refractivity contribution in [3.05, 3.63) is 48.5 Å². The summed E-state index contributed by atoms with van der Waals surface area (Å²) in [4.78, 5) is 17.3. The number of aliphatic hydroxyl groups is 1. The molecule has 3 rings (SSSR count). The fraction of sp³-hybridized carbons (Fsp3) is 0.222. The molecule has 0 radical (unpaired) electrons. The third kappa shape index (κ3) is 4.95. The number of aliphatic hydroxyl groups excluding tert-OH is 1. The van der Waals surface area contributed by atoms with E-state index in [-0.39, 0.29) is 19.1 Å². The highest BCUT2D eigenvalue weighted by Gasteiger charge is 2.13. The van der Waals surface area contributed by atoms with Crippen molar-refractivity contribution in [2.75, 3.05) is 23.8 Å². The Morgan fingerprint density at radius 1 is 1.19 bits per heavy atom. The first-order valence-corrected chi connectivity index (χ1v) is 9.09. The van der Waals surface area contributed by atoms with Gasteiger partial charge in [0.1, 0.15) is 6.54 Å². The lowest BCUT2D eigenvalue weighted by Crippen LogP contribution is -2.21. The van der Waals surface area contributed by atoms with E-state index in [1.807, 2.05) is 24.3 Å². The molecule has 0 spiro atoms. The number of hydrogen-bond donors (Lipinski definition) is 3. The number of hydrogen-bond acceptors (Lipinski definition) is 5. The van der Waals surface area contributed by atoms with E-state index in [1.54, 1.807) is 16.7 Å². The van der Waals surface area contributed by atoms with Crippen molar-refractivity contribution in [1.82, 2.24) is 9.55 Å². The van der Waals surface area contributed by atoms with Crippen molar-refractivity contribution in [3.63, 3.8) is 0 Å². The maximum Gasteiger partial charge on any atom is 0.288 e. The summed E-state index contributed by atoms with van der Waals surface area (Å²) in [5.74, 6) is -2.27. The van der Waals surface area contributed by atoms with Crippen molar-refractivity contribution in [2.45, 2.75) is 17.2 Å². The Kier molecular flexibility index (Phi) is 6.25. The van der Waals surface area contributed by atoms with E-state index in [9.17, 15) is 13.6 Å². The van der Waals surface area contributed by atoms with Crippen molar-refractivity contribution in [3.8, 4) is 0 Å². The van der Waals surface area contributed by atoms with Crippen LogP contribution in [0.5, 0.6) is 0 Å². The molecule has 0 bridgehead atoms. The van der Waals surface area contributed by atoms with Gasteiger partial charge in [0.05, 0.1) is 17.6 Å². The summed E-state index contributed by atoms with van der Waals surface area (Å²) in [5, 5.41) is 14.8. The number of aromatic nitrogens is 2. The number of anilines is 2. The zero-order chi connectivity index (χ0) is 19.2. The molecular formula is C18H18F2N4O2S. The van der Waals surface area contributed by atoms with E-state index in [0.29, 0.717) is 34.8 Å². The van der Waals surface area contributed by atoms with Crippen LogP contribution < -0.4 is 10.6 Å². The van der Waals surface area contributed by atoms with Gasteiger partial charge in [-0.3, -0.25) is 4.79 Å².